The van der Waals surface area contributed by atoms with E-state index in [0.717, 1.165) is 17.1 Å². The van der Waals surface area contributed by atoms with Crippen molar-refractivity contribution in [1.82, 2.24) is 19.9 Å². The fourth-order valence-corrected chi connectivity index (χ4v) is 5.08. The molecule has 1 aliphatic carbocycles. The maximum atomic E-state index is 14.8. The van der Waals surface area contributed by atoms with Crippen molar-refractivity contribution in [3.05, 3.63) is 52.9 Å². The van der Waals surface area contributed by atoms with E-state index in [0.29, 0.717) is 17.8 Å². The molecule has 5 rings (SSSR count). The molecule has 3 N–H and O–H groups in total. The molecule has 1 aliphatic heterocycles. The Labute approximate surface area is 188 Å². The maximum Gasteiger partial charge on any atom is 0.266 e. The van der Waals surface area contributed by atoms with Crippen molar-refractivity contribution in [3.8, 4) is 5.75 Å². The van der Waals surface area contributed by atoms with Gasteiger partial charge in [0.2, 0.25) is 0 Å². The van der Waals surface area contributed by atoms with Crippen LogP contribution in [0.15, 0.2) is 24.7 Å². The van der Waals surface area contributed by atoms with E-state index in [-0.39, 0.29) is 30.2 Å². The summed E-state index contributed by atoms with van der Waals surface area (Å²) in [5, 5.41) is 25.5. The Morgan fingerprint density at radius 1 is 1.24 bits per heavy atom. The lowest BCUT2D eigenvalue weighted by Crippen LogP contribution is -2.35. The van der Waals surface area contributed by atoms with Crippen LogP contribution >= 0.6 is 0 Å². The minimum atomic E-state index is -3.00. The minimum Gasteiger partial charge on any atom is -0.487 e. The number of rotatable bonds is 4. The number of hydrogen-bond acceptors (Lipinski definition) is 6. The number of hydrogen-bond donors (Lipinski definition) is 3. The van der Waals surface area contributed by atoms with Gasteiger partial charge in [0.05, 0.1) is 17.3 Å². The molecule has 10 heteroatoms. The van der Waals surface area contributed by atoms with Crippen LogP contribution < -0.4 is 10.1 Å². The summed E-state index contributed by atoms with van der Waals surface area (Å²) in [7, 11) is 0. The number of benzene rings is 1. The first-order chi connectivity index (χ1) is 15.8. The third-order valence-corrected chi connectivity index (χ3v) is 6.82. The summed E-state index contributed by atoms with van der Waals surface area (Å²) in [4.78, 5) is 8.48. The highest BCUT2D eigenvalue weighted by molar-refractivity contribution is 5.78. The molecule has 2 aromatic heterocycles. The molecule has 0 bridgehead atoms. The third-order valence-electron chi connectivity index (χ3n) is 6.82. The van der Waals surface area contributed by atoms with Crippen molar-refractivity contribution in [2.24, 2.45) is 0 Å². The van der Waals surface area contributed by atoms with Gasteiger partial charge in [0, 0.05) is 42.2 Å². The second-order valence-corrected chi connectivity index (χ2v) is 8.86. The van der Waals surface area contributed by atoms with Crippen LogP contribution in [0.5, 0.6) is 5.75 Å². The molecule has 0 amide bonds. The summed E-state index contributed by atoms with van der Waals surface area (Å²) in [6, 6.07) is 2.32. The Morgan fingerprint density at radius 2 is 2.03 bits per heavy atom. The van der Waals surface area contributed by atoms with E-state index < -0.39 is 42.2 Å². The van der Waals surface area contributed by atoms with Gasteiger partial charge >= 0.3 is 0 Å². The van der Waals surface area contributed by atoms with Crippen LogP contribution in [0.1, 0.15) is 54.1 Å². The molecule has 1 saturated carbocycles. The zero-order valence-electron chi connectivity index (χ0n) is 18.2. The normalized spacial score (nSPS) is 27.3. The molecule has 1 fully saturated rings. The number of aliphatic hydroxyl groups is 2. The molecule has 33 heavy (non-hydrogen) atoms. The molecule has 0 unspecified atom stereocenters. The smallest absolute Gasteiger partial charge is 0.266 e. The molecule has 0 radical (unpaired) electrons. The van der Waals surface area contributed by atoms with Gasteiger partial charge in [-0.2, -0.15) is 0 Å². The number of aliphatic hydroxyl groups excluding tert-OH is 2. The Morgan fingerprint density at radius 3 is 2.79 bits per heavy atom. The van der Waals surface area contributed by atoms with Gasteiger partial charge in [-0.15, -0.1) is 0 Å². The minimum absolute atomic E-state index is 0.105. The van der Waals surface area contributed by atoms with Gasteiger partial charge in [-0.1, -0.05) is 6.92 Å². The molecular weight excluding hydrogens is 437 g/mol. The number of aromatic nitrogens is 3. The molecule has 2 aliphatic rings. The first-order valence-corrected chi connectivity index (χ1v) is 10.9. The number of nitrogens with zero attached hydrogens (tertiary/aromatic N) is 3. The number of fused-ring (bicyclic) bond motifs is 2. The molecule has 3 heterocycles. The number of aryl methyl sites for hydroxylation is 1. The van der Waals surface area contributed by atoms with E-state index in [1.165, 1.54) is 6.33 Å². The molecular formula is C23H25F3N4O3. The Balaban J connectivity index is 1.49. The van der Waals surface area contributed by atoms with Crippen LogP contribution in [-0.2, 0) is 6.54 Å². The van der Waals surface area contributed by atoms with E-state index in [9.17, 15) is 23.4 Å². The van der Waals surface area contributed by atoms with Crippen LogP contribution in [-0.4, -0.2) is 49.6 Å². The van der Waals surface area contributed by atoms with Gasteiger partial charge in [-0.25, -0.2) is 23.1 Å². The van der Waals surface area contributed by atoms with Crippen LogP contribution in [0.3, 0.4) is 0 Å². The molecule has 0 saturated heterocycles. The first-order valence-electron chi connectivity index (χ1n) is 10.9. The highest BCUT2D eigenvalue weighted by atomic mass is 19.3. The third kappa shape index (κ3) is 3.56. The largest absolute Gasteiger partial charge is 0.487 e. The van der Waals surface area contributed by atoms with Crippen molar-refractivity contribution < 1.29 is 28.1 Å². The van der Waals surface area contributed by atoms with E-state index in [2.05, 4.69) is 15.3 Å². The summed E-state index contributed by atoms with van der Waals surface area (Å²) in [6.45, 7) is 4.35. The van der Waals surface area contributed by atoms with Crippen LogP contribution in [0.4, 0.5) is 13.2 Å². The SMILES string of the molecule is Cc1ncnc2c1ccn2[C@@H]1C[C@H](Oc2cc(C(F)F)c(F)c3c2CNC[C@@H]3C)[C@@H](O)[C@H]1O. The van der Waals surface area contributed by atoms with Crippen molar-refractivity contribution in [2.45, 2.75) is 63.5 Å². The topological polar surface area (TPSA) is 92.4 Å². The lowest BCUT2D eigenvalue weighted by atomic mass is 9.89. The fourth-order valence-electron chi connectivity index (χ4n) is 5.08. The van der Waals surface area contributed by atoms with Crippen LogP contribution in [0, 0.1) is 12.7 Å². The lowest BCUT2D eigenvalue weighted by molar-refractivity contribution is -0.0167. The summed E-state index contributed by atoms with van der Waals surface area (Å²) in [5.41, 5.74) is 1.38. The zero-order valence-corrected chi connectivity index (χ0v) is 18.2. The predicted molar refractivity (Wildman–Crippen MR) is 114 cm³/mol. The van der Waals surface area contributed by atoms with Gasteiger partial charge in [0.25, 0.3) is 6.43 Å². The van der Waals surface area contributed by atoms with E-state index in [1.807, 2.05) is 13.0 Å². The first kappa shape index (κ1) is 22.1. The zero-order chi connectivity index (χ0) is 23.4. The lowest BCUT2D eigenvalue weighted by Gasteiger charge is -2.29. The van der Waals surface area contributed by atoms with E-state index in [4.69, 9.17) is 4.74 Å². The fraction of sp³-hybridized carbons (Fsp3) is 0.478. The number of halogens is 3. The second-order valence-electron chi connectivity index (χ2n) is 8.86. The number of ether oxygens (including phenoxy) is 1. The van der Waals surface area contributed by atoms with Crippen molar-refractivity contribution in [3.63, 3.8) is 0 Å². The Hall–Kier alpha value is -2.69. The number of nitrogens with one attached hydrogen (secondary N) is 1. The molecule has 0 spiro atoms. The van der Waals surface area contributed by atoms with Gasteiger partial charge in [-0.3, -0.25) is 0 Å². The van der Waals surface area contributed by atoms with Gasteiger partial charge < -0.3 is 24.8 Å². The monoisotopic (exact) mass is 462 g/mol. The molecule has 3 aromatic rings. The Kier molecular flexibility index (Phi) is 5.54. The highest BCUT2D eigenvalue weighted by Gasteiger charge is 2.45. The van der Waals surface area contributed by atoms with E-state index in [1.54, 1.807) is 17.7 Å². The molecule has 1 aromatic carbocycles. The average Bonchev–Trinajstić information content (AvgIpc) is 3.32. The molecule has 176 valence electrons. The summed E-state index contributed by atoms with van der Waals surface area (Å²) in [5.74, 6) is -1.11. The van der Waals surface area contributed by atoms with Crippen molar-refractivity contribution in [2.75, 3.05) is 6.54 Å². The van der Waals surface area contributed by atoms with Crippen molar-refractivity contribution >= 4 is 11.0 Å². The number of alkyl halides is 2. The highest BCUT2D eigenvalue weighted by Crippen LogP contribution is 2.41. The summed E-state index contributed by atoms with van der Waals surface area (Å²) < 4.78 is 49.8. The molecule has 7 nitrogen and oxygen atoms in total. The second kappa shape index (κ2) is 8.27. The van der Waals surface area contributed by atoms with Crippen molar-refractivity contribution in [1.29, 1.82) is 0 Å². The summed E-state index contributed by atoms with van der Waals surface area (Å²) >= 11 is 0. The van der Waals surface area contributed by atoms with Crippen LogP contribution in [0.2, 0.25) is 0 Å². The quantitative estimate of drug-likeness (QED) is 0.552. The van der Waals surface area contributed by atoms with Gasteiger partial charge in [0.1, 0.15) is 41.9 Å². The average molecular weight is 462 g/mol. The Bertz CT molecular complexity index is 1200. The van der Waals surface area contributed by atoms with Gasteiger partial charge in [0.15, 0.2) is 0 Å². The van der Waals surface area contributed by atoms with Gasteiger partial charge in [-0.05, 0) is 25.0 Å². The summed E-state index contributed by atoms with van der Waals surface area (Å²) in [6.07, 6.45) is -2.87. The van der Waals surface area contributed by atoms with E-state index >= 15 is 0 Å². The predicted octanol–water partition coefficient (Wildman–Crippen LogP) is 3.14. The maximum absolute atomic E-state index is 14.8. The van der Waals surface area contributed by atoms with Crippen LogP contribution in [0.25, 0.3) is 11.0 Å². The standard InChI is InChI=1S/C23H25F3N4O3/c1-10-7-27-8-14-16(5-13(22(25)26)19(24)18(10)14)33-17-6-15(20(31)21(17)32)30-4-3-12-11(2)28-9-29-23(12)30/h3-5,9-10,15,17,20-22,27,31-32H,6-8H2,1-2H3/t10-,15+,17-,20-,21+/m0/s1. The molecule has 5 atom stereocenters.